The van der Waals surface area contributed by atoms with E-state index in [9.17, 15) is 45.7 Å². The highest BCUT2D eigenvalue weighted by atomic mass is 32.2. The Balaban J connectivity index is 1.11. The van der Waals surface area contributed by atoms with Gasteiger partial charge in [-0.3, -0.25) is 14.2 Å². The molecule has 53 heavy (non-hydrogen) atoms. The number of nitrogens with zero attached hydrogens (tertiary/aromatic N) is 2. The molecule has 7 aromatic rings. The average Bonchev–Trinajstić information content (AvgIpc) is 3.81. The number of hydrogen-bond donors (Lipinski definition) is 3. The molecule has 3 N–H and O–H groups in total. The Bertz CT molecular complexity index is 3060. The number of carboxylic acids is 2. The van der Waals surface area contributed by atoms with Gasteiger partial charge in [-0.1, -0.05) is 18.2 Å². The van der Waals surface area contributed by atoms with E-state index < -0.39 is 50.2 Å². The third-order valence-electron chi connectivity index (χ3n) is 8.46. The Morgan fingerprint density at radius 2 is 1.38 bits per heavy atom. The molecule has 0 atom stereocenters. The van der Waals surface area contributed by atoms with Gasteiger partial charge in [-0.2, -0.15) is 8.42 Å². The molecule has 1 aliphatic rings. The van der Waals surface area contributed by atoms with Crippen molar-refractivity contribution in [2.75, 3.05) is 11.4 Å². The summed E-state index contributed by atoms with van der Waals surface area (Å²) in [5, 5.41) is 20.9. The van der Waals surface area contributed by atoms with Gasteiger partial charge in [0, 0.05) is 27.6 Å². The highest BCUT2D eigenvalue weighted by molar-refractivity contribution is 7.86. The second-order valence-electron chi connectivity index (χ2n) is 11.8. The summed E-state index contributed by atoms with van der Waals surface area (Å²) >= 11 is 0. The number of carboxylic acid groups (broad SMARTS) is 2. The van der Waals surface area contributed by atoms with Gasteiger partial charge in [-0.25, -0.2) is 13.2 Å². The van der Waals surface area contributed by atoms with Crippen LogP contribution >= 0.6 is 0 Å². The van der Waals surface area contributed by atoms with Gasteiger partial charge >= 0.3 is 17.8 Å². The average molecular weight is 759 g/mol. The Kier molecular flexibility index (Phi) is 7.66. The molecule has 0 saturated heterocycles. The number of fused-ring (bicyclic) bond motifs is 8. The number of hydrogen-bond acceptors (Lipinski definition) is 12. The van der Waals surface area contributed by atoms with Crippen LogP contribution in [0.3, 0.4) is 0 Å². The van der Waals surface area contributed by atoms with E-state index in [1.165, 1.54) is 52.0 Å². The van der Waals surface area contributed by atoms with Gasteiger partial charge in [0.05, 0.1) is 27.6 Å². The smallest absolute Gasteiger partial charge is 0.374 e. The van der Waals surface area contributed by atoms with Crippen LogP contribution in [0.15, 0.2) is 114 Å². The minimum absolute atomic E-state index is 0.142. The maximum atomic E-state index is 11.8. The third-order valence-corrected chi connectivity index (χ3v) is 10.1. The Labute approximate surface area is 296 Å². The highest BCUT2D eigenvalue weighted by Gasteiger charge is 2.30. The van der Waals surface area contributed by atoms with E-state index in [0.717, 1.165) is 6.07 Å². The summed E-state index contributed by atoms with van der Waals surface area (Å²) < 4.78 is 92.8. The Morgan fingerprint density at radius 3 is 2.04 bits per heavy atom. The number of furan rings is 2. The van der Waals surface area contributed by atoms with Crippen molar-refractivity contribution < 1.29 is 68.3 Å². The SMILES string of the molecule is O=C(O)CN1/C(=C/C=C/C=C/c2oc3cc4c(cc3[n+]2CC(=O)O)oc2ccc(S(=O)(=O)O)cc24)Oc2cc3c(cc21)oc1ccc(S(=O)(=O)[O-])cc13. The van der Waals surface area contributed by atoms with Crippen molar-refractivity contribution >= 4 is 98.9 Å². The summed E-state index contributed by atoms with van der Waals surface area (Å²) in [6, 6.07) is 13.8. The monoisotopic (exact) mass is 758 g/mol. The fourth-order valence-electron chi connectivity index (χ4n) is 6.20. The zero-order valence-electron chi connectivity index (χ0n) is 26.6. The van der Waals surface area contributed by atoms with Crippen LogP contribution < -0.4 is 14.2 Å². The summed E-state index contributed by atoms with van der Waals surface area (Å²) in [5.41, 5.74) is 2.32. The molecule has 1 aliphatic heterocycles. The summed E-state index contributed by atoms with van der Waals surface area (Å²) in [5.74, 6) is -1.75. The van der Waals surface area contributed by atoms with Crippen LogP contribution in [0.25, 0.3) is 61.1 Å². The number of aliphatic carboxylic acids is 2. The molecule has 0 unspecified atom stereocenters. The first kappa shape index (κ1) is 33.7. The van der Waals surface area contributed by atoms with Crippen molar-refractivity contribution in [1.29, 1.82) is 0 Å². The molecule has 18 heteroatoms. The largest absolute Gasteiger partial charge is 0.744 e. The van der Waals surface area contributed by atoms with Gasteiger partial charge in [-0.15, -0.1) is 4.57 Å². The van der Waals surface area contributed by atoms with Crippen molar-refractivity contribution in [3.05, 3.63) is 96.7 Å². The van der Waals surface area contributed by atoms with Crippen molar-refractivity contribution in [3.63, 3.8) is 0 Å². The molecule has 4 aromatic carbocycles. The zero-order valence-corrected chi connectivity index (χ0v) is 28.3. The number of allylic oxidation sites excluding steroid dienone is 4. The summed E-state index contributed by atoms with van der Waals surface area (Å²) in [4.78, 5) is 24.2. The van der Waals surface area contributed by atoms with Crippen LogP contribution in [0.4, 0.5) is 5.69 Å². The van der Waals surface area contributed by atoms with Gasteiger partial charge in [0.15, 0.2) is 5.75 Å². The fourth-order valence-corrected chi connectivity index (χ4v) is 7.20. The highest BCUT2D eigenvalue weighted by Crippen LogP contribution is 2.44. The lowest BCUT2D eigenvalue weighted by Crippen LogP contribution is -2.39. The fraction of sp³-hybridized carbons (Fsp3) is 0.0571. The predicted octanol–water partition coefficient (Wildman–Crippen LogP) is 5.15. The third kappa shape index (κ3) is 6.04. The lowest BCUT2D eigenvalue weighted by molar-refractivity contribution is -0.666. The summed E-state index contributed by atoms with van der Waals surface area (Å²) in [6.07, 6.45) is 7.67. The molecule has 0 saturated carbocycles. The van der Waals surface area contributed by atoms with Crippen LogP contribution in [0.5, 0.6) is 5.75 Å². The van der Waals surface area contributed by atoms with Crippen LogP contribution in [0.1, 0.15) is 5.89 Å². The van der Waals surface area contributed by atoms with E-state index in [1.807, 2.05) is 0 Å². The van der Waals surface area contributed by atoms with Crippen molar-refractivity contribution in [3.8, 4) is 5.75 Å². The molecule has 4 heterocycles. The molecule has 0 amide bonds. The van der Waals surface area contributed by atoms with Gasteiger partial charge < -0.3 is 32.8 Å². The quantitative estimate of drug-likeness (QED) is 0.0979. The van der Waals surface area contributed by atoms with E-state index in [1.54, 1.807) is 42.5 Å². The van der Waals surface area contributed by atoms with Gasteiger partial charge in [0.25, 0.3) is 15.6 Å². The molecule has 8 rings (SSSR count). The molecule has 0 fully saturated rings. The molecule has 0 aliphatic carbocycles. The molecule has 0 spiro atoms. The predicted molar refractivity (Wildman–Crippen MR) is 185 cm³/mol. The van der Waals surface area contributed by atoms with Crippen LogP contribution in [0.2, 0.25) is 0 Å². The molecule has 0 bridgehead atoms. The normalized spacial score (nSPS) is 14.6. The molecule has 16 nitrogen and oxygen atoms in total. The molecule has 268 valence electrons. The van der Waals surface area contributed by atoms with Gasteiger partial charge in [0.2, 0.25) is 18.0 Å². The minimum Gasteiger partial charge on any atom is -0.744 e. The lowest BCUT2D eigenvalue weighted by atomic mass is 10.1. The second-order valence-corrected chi connectivity index (χ2v) is 14.6. The van der Waals surface area contributed by atoms with Crippen molar-refractivity contribution in [1.82, 2.24) is 0 Å². The number of benzene rings is 4. The molecule has 0 radical (unpaired) electrons. The maximum absolute atomic E-state index is 11.8. The van der Waals surface area contributed by atoms with E-state index in [0.29, 0.717) is 55.1 Å². The minimum atomic E-state index is -4.73. The number of rotatable bonds is 9. The summed E-state index contributed by atoms with van der Waals surface area (Å²) in [6.45, 7) is -0.947. The van der Waals surface area contributed by atoms with Crippen LogP contribution in [-0.2, 0) is 36.4 Å². The van der Waals surface area contributed by atoms with E-state index in [4.69, 9.17) is 18.0 Å². The number of ether oxygens (including phenoxy) is 1. The Morgan fingerprint density at radius 1 is 0.736 bits per heavy atom. The maximum Gasteiger partial charge on any atom is 0.374 e. The molecule has 3 aromatic heterocycles. The number of aromatic nitrogens is 1. The standard InChI is InChI=1S/C35H22N2O14S2/c38-34(39)16-36-24-14-28-22(20-10-18(52(42,43)44)6-8-26(20)48-28)12-30(24)50-32(36)4-2-1-3-5-33-37(17-35(40)41)25-15-29-23(13-31(25)51-33)21-11-19(53(45,46)47)7-9-27(21)49-29/h1-15H,16-17H2,(H3-,38,39,40,41,42,43,44,45,46,47). The first-order valence-electron chi connectivity index (χ1n) is 15.3. The summed E-state index contributed by atoms with van der Waals surface area (Å²) in [7, 11) is -9.21. The van der Waals surface area contributed by atoms with E-state index in [-0.39, 0.29) is 28.0 Å². The number of carbonyl (C=O) groups is 2. The van der Waals surface area contributed by atoms with Gasteiger partial charge in [-0.05, 0) is 54.6 Å². The number of oxazole rings is 1. The van der Waals surface area contributed by atoms with Crippen molar-refractivity contribution in [2.45, 2.75) is 16.3 Å². The molecular weight excluding hydrogens is 737 g/mol. The van der Waals surface area contributed by atoms with E-state index in [2.05, 4.69) is 0 Å². The van der Waals surface area contributed by atoms with E-state index >= 15 is 0 Å². The number of anilines is 1. The molecular formula is C35H22N2O14S2. The Hall–Kier alpha value is -6.47. The zero-order chi connectivity index (χ0) is 37.4. The van der Waals surface area contributed by atoms with Crippen LogP contribution in [0, 0.1) is 0 Å². The van der Waals surface area contributed by atoms with Crippen LogP contribution in [-0.4, -0.2) is 54.6 Å². The topological polar surface area (TPSA) is 242 Å². The first-order chi connectivity index (χ1) is 25.1. The second kappa shape index (κ2) is 12.1. The van der Waals surface area contributed by atoms with Crippen molar-refractivity contribution in [2.24, 2.45) is 0 Å². The first-order valence-corrected chi connectivity index (χ1v) is 18.2. The van der Waals surface area contributed by atoms with Gasteiger partial charge in [0.1, 0.15) is 39.0 Å². The lowest BCUT2D eigenvalue weighted by Gasteiger charge is -2.14.